The summed E-state index contributed by atoms with van der Waals surface area (Å²) in [5.74, 6) is 1.37. The number of hydrogen-bond acceptors (Lipinski definition) is 9. The Balaban J connectivity index is 1.55. The molecule has 3 N–H and O–H groups in total. The van der Waals surface area contributed by atoms with Crippen molar-refractivity contribution in [3.8, 4) is 5.75 Å². The molecule has 2 heterocycles. The largest absolute Gasteiger partial charge is 0.494 e. The van der Waals surface area contributed by atoms with Gasteiger partial charge in [-0.15, -0.1) is 0 Å². The van der Waals surface area contributed by atoms with Crippen LogP contribution in [-0.2, 0) is 10.0 Å². The summed E-state index contributed by atoms with van der Waals surface area (Å²) in [4.78, 5) is 13.5. The van der Waals surface area contributed by atoms with Crippen LogP contribution in [0.3, 0.4) is 0 Å². The van der Waals surface area contributed by atoms with E-state index in [0.717, 1.165) is 31.9 Å². The van der Waals surface area contributed by atoms with Crippen molar-refractivity contribution in [3.05, 3.63) is 53.7 Å². The van der Waals surface area contributed by atoms with E-state index in [4.69, 9.17) is 16.3 Å². The average Bonchev–Trinajstić information content (AvgIpc) is 2.90. The van der Waals surface area contributed by atoms with Crippen LogP contribution in [-0.4, -0.2) is 70.2 Å². The van der Waals surface area contributed by atoms with Crippen molar-refractivity contribution in [2.75, 3.05) is 62.4 Å². The maximum absolute atomic E-state index is 12.9. The number of aromatic nitrogens is 2. The first-order chi connectivity index (χ1) is 18.2. The lowest BCUT2D eigenvalue weighted by Crippen LogP contribution is -2.44. The minimum atomic E-state index is -3.74. The van der Waals surface area contributed by atoms with Crippen LogP contribution in [0.2, 0.25) is 5.02 Å². The number of ether oxygens (including phenoxy) is 1. The molecule has 1 aliphatic heterocycles. The lowest BCUT2D eigenvalue weighted by atomic mass is 10.2. The van der Waals surface area contributed by atoms with Crippen molar-refractivity contribution in [2.24, 2.45) is 5.92 Å². The number of halogens is 1. The van der Waals surface area contributed by atoms with Crippen molar-refractivity contribution in [1.82, 2.24) is 19.6 Å². The van der Waals surface area contributed by atoms with E-state index in [1.165, 1.54) is 12.3 Å². The van der Waals surface area contributed by atoms with E-state index in [1.54, 1.807) is 25.3 Å². The molecule has 2 aromatic carbocycles. The van der Waals surface area contributed by atoms with Crippen molar-refractivity contribution in [3.63, 3.8) is 0 Å². The molecule has 1 aromatic heterocycles. The fourth-order valence-electron chi connectivity index (χ4n) is 3.97. The predicted molar refractivity (Wildman–Crippen MR) is 153 cm³/mol. The number of para-hydroxylation sites is 1. The smallest absolute Gasteiger partial charge is 0.242 e. The highest BCUT2D eigenvalue weighted by Crippen LogP contribution is 2.33. The zero-order valence-electron chi connectivity index (χ0n) is 22.0. The average molecular weight is 560 g/mol. The van der Waals surface area contributed by atoms with E-state index in [2.05, 4.69) is 42.2 Å². The third-order valence-electron chi connectivity index (χ3n) is 6.16. The van der Waals surface area contributed by atoms with Gasteiger partial charge >= 0.3 is 0 Å². The first kappa shape index (κ1) is 27.9. The number of benzene rings is 2. The van der Waals surface area contributed by atoms with Gasteiger partial charge in [0.05, 0.1) is 24.7 Å². The third kappa shape index (κ3) is 6.84. The Labute approximate surface area is 229 Å². The number of piperazine rings is 1. The van der Waals surface area contributed by atoms with Crippen LogP contribution in [0.4, 0.5) is 28.8 Å². The van der Waals surface area contributed by atoms with Crippen LogP contribution < -0.4 is 25.0 Å². The molecule has 12 heteroatoms. The van der Waals surface area contributed by atoms with Crippen molar-refractivity contribution in [1.29, 1.82) is 0 Å². The second-order valence-electron chi connectivity index (χ2n) is 9.56. The molecule has 0 unspecified atom stereocenters. The monoisotopic (exact) mass is 559 g/mol. The molecule has 0 spiro atoms. The van der Waals surface area contributed by atoms with Crippen molar-refractivity contribution in [2.45, 2.75) is 18.7 Å². The topological polar surface area (TPSA) is 112 Å². The number of nitrogens with one attached hydrogen (secondary N) is 3. The number of likely N-dealkylation sites (N-methyl/N-ethyl adjacent to an activating group) is 1. The Morgan fingerprint density at radius 1 is 1.05 bits per heavy atom. The number of methoxy groups -OCH3 is 1. The molecule has 0 radical (unpaired) electrons. The van der Waals surface area contributed by atoms with Gasteiger partial charge in [0.1, 0.15) is 15.7 Å². The Hall–Kier alpha value is -3.12. The number of hydrogen-bond donors (Lipinski definition) is 3. The summed E-state index contributed by atoms with van der Waals surface area (Å²) in [6.45, 7) is 8.13. The van der Waals surface area contributed by atoms with E-state index in [9.17, 15) is 8.42 Å². The maximum atomic E-state index is 12.9. The minimum Gasteiger partial charge on any atom is -0.494 e. The number of sulfonamides is 1. The summed E-state index contributed by atoms with van der Waals surface area (Å²) in [6.07, 6.45) is 1.46. The second kappa shape index (κ2) is 12.2. The molecule has 0 aliphatic carbocycles. The van der Waals surface area contributed by atoms with E-state index < -0.39 is 10.0 Å². The van der Waals surface area contributed by atoms with Gasteiger partial charge in [-0.2, -0.15) is 4.98 Å². The highest BCUT2D eigenvalue weighted by atomic mass is 35.5. The summed E-state index contributed by atoms with van der Waals surface area (Å²) < 4.78 is 34.1. The predicted octanol–water partition coefficient (Wildman–Crippen LogP) is 4.31. The summed E-state index contributed by atoms with van der Waals surface area (Å²) >= 11 is 6.38. The van der Waals surface area contributed by atoms with Gasteiger partial charge in [-0.1, -0.05) is 37.6 Å². The van der Waals surface area contributed by atoms with Gasteiger partial charge in [0, 0.05) is 44.5 Å². The Morgan fingerprint density at radius 3 is 2.50 bits per heavy atom. The van der Waals surface area contributed by atoms with Gasteiger partial charge in [0.15, 0.2) is 5.82 Å². The van der Waals surface area contributed by atoms with Gasteiger partial charge in [0.25, 0.3) is 0 Å². The number of rotatable bonds is 10. The van der Waals surface area contributed by atoms with Gasteiger partial charge in [-0.25, -0.2) is 18.1 Å². The quantitative estimate of drug-likeness (QED) is 0.334. The van der Waals surface area contributed by atoms with Crippen molar-refractivity contribution >= 4 is 50.5 Å². The van der Waals surface area contributed by atoms with Crippen LogP contribution in [0.25, 0.3) is 0 Å². The summed E-state index contributed by atoms with van der Waals surface area (Å²) in [5, 5.41) is 6.49. The normalized spacial score (nSPS) is 14.5. The summed E-state index contributed by atoms with van der Waals surface area (Å²) in [5.41, 5.74) is 2.13. The van der Waals surface area contributed by atoms with Crippen LogP contribution in [0, 0.1) is 5.92 Å². The van der Waals surface area contributed by atoms with E-state index in [0.29, 0.717) is 23.7 Å². The van der Waals surface area contributed by atoms with Crippen LogP contribution in [0.15, 0.2) is 53.6 Å². The van der Waals surface area contributed by atoms with Crippen LogP contribution >= 0.6 is 11.6 Å². The first-order valence-corrected chi connectivity index (χ1v) is 14.3. The fourth-order valence-corrected chi connectivity index (χ4v) is 5.48. The molecule has 4 rings (SSSR count). The van der Waals surface area contributed by atoms with Crippen LogP contribution in [0.5, 0.6) is 5.75 Å². The molecule has 204 valence electrons. The van der Waals surface area contributed by atoms with E-state index in [1.807, 2.05) is 32.0 Å². The summed E-state index contributed by atoms with van der Waals surface area (Å²) in [6, 6.07) is 12.6. The maximum Gasteiger partial charge on any atom is 0.242 e. The molecular formula is C26H34ClN7O3S. The Bertz CT molecular complexity index is 1360. The molecule has 1 fully saturated rings. The molecular weight excluding hydrogens is 526 g/mol. The lowest BCUT2D eigenvalue weighted by Gasteiger charge is -2.34. The SMILES string of the molecule is COc1cc(N2CCN(C)CC2)ccc1Nc1ncc(Cl)c(Nc2ccccc2S(=O)(=O)NCC(C)C)n1. The molecule has 0 atom stereocenters. The molecule has 38 heavy (non-hydrogen) atoms. The van der Waals surface area contributed by atoms with Crippen LogP contribution in [0.1, 0.15) is 13.8 Å². The Morgan fingerprint density at radius 2 is 1.79 bits per heavy atom. The molecule has 0 amide bonds. The number of anilines is 5. The van der Waals surface area contributed by atoms with Gasteiger partial charge in [0.2, 0.25) is 16.0 Å². The number of nitrogens with zero attached hydrogens (tertiary/aromatic N) is 4. The Kier molecular flexibility index (Phi) is 8.93. The van der Waals surface area contributed by atoms with E-state index in [-0.39, 0.29) is 27.6 Å². The molecule has 1 aliphatic rings. The molecule has 3 aromatic rings. The summed E-state index contributed by atoms with van der Waals surface area (Å²) in [7, 11) is 0.00519. The zero-order valence-corrected chi connectivity index (χ0v) is 23.6. The molecule has 0 saturated carbocycles. The van der Waals surface area contributed by atoms with E-state index >= 15 is 0 Å². The van der Waals surface area contributed by atoms with Gasteiger partial charge in [-0.05, 0) is 37.2 Å². The standard InChI is InChI=1S/C26H34ClN7O3S/c1-18(2)16-29-38(35,36)24-8-6-5-7-22(24)30-25-20(27)17-28-26(32-25)31-21-10-9-19(15-23(21)37-4)34-13-11-33(3)12-14-34/h5-10,15,17-18,29H,11-14,16H2,1-4H3,(H2,28,30,31,32). The van der Waals surface area contributed by atoms with Gasteiger partial charge < -0.3 is 25.2 Å². The fraction of sp³-hybridized carbons (Fsp3) is 0.385. The van der Waals surface area contributed by atoms with Crippen molar-refractivity contribution < 1.29 is 13.2 Å². The first-order valence-electron chi connectivity index (χ1n) is 12.4. The molecule has 10 nitrogen and oxygen atoms in total. The van der Waals surface area contributed by atoms with Gasteiger partial charge in [-0.3, -0.25) is 0 Å². The molecule has 0 bridgehead atoms. The minimum absolute atomic E-state index is 0.103. The third-order valence-corrected chi connectivity index (χ3v) is 7.91. The molecule has 1 saturated heterocycles. The second-order valence-corrected chi connectivity index (χ2v) is 11.7. The highest BCUT2D eigenvalue weighted by Gasteiger charge is 2.20. The zero-order chi connectivity index (χ0) is 27.3. The lowest BCUT2D eigenvalue weighted by molar-refractivity contribution is 0.312. The highest BCUT2D eigenvalue weighted by molar-refractivity contribution is 7.89.